The fraction of sp³-hybridized carbons (Fsp3) is 0.500. The highest BCUT2D eigenvalue weighted by atomic mass is 35.5. The highest BCUT2D eigenvalue weighted by Crippen LogP contribution is 2.10. The average Bonchev–Trinajstić information content (AvgIpc) is 2.38. The summed E-state index contributed by atoms with van der Waals surface area (Å²) in [5.74, 6) is 0. The van der Waals surface area contributed by atoms with Crippen molar-refractivity contribution >= 4 is 11.6 Å². The van der Waals surface area contributed by atoms with Gasteiger partial charge in [-0.25, -0.2) is 0 Å². The molecule has 1 N–H and O–H groups in total. The molecule has 0 bridgehead atoms. The van der Waals surface area contributed by atoms with Gasteiger partial charge in [0.25, 0.3) is 0 Å². The van der Waals surface area contributed by atoms with Crippen molar-refractivity contribution < 1.29 is 0 Å². The molecule has 0 saturated heterocycles. The van der Waals surface area contributed by atoms with Crippen LogP contribution in [0.2, 0.25) is 0 Å². The SMILES string of the molecule is Cc1nn(C)c(C)c1CNC/C=C/Cl. The van der Waals surface area contributed by atoms with E-state index in [9.17, 15) is 0 Å². The van der Waals surface area contributed by atoms with Crippen molar-refractivity contribution in [2.75, 3.05) is 6.54 Å². The lowest BCUT2D eigenvalue weighted by molar-refractivity contribution is 0.723. The van der Waals surface area contributed by atoms with Crippen molar-refractivity contribution in [3.05, 3.63) is 28.6 Å². The molecule has 4 heteroatoms. The molecule has 0 aliphatic rings. The van der Waals surface area contributed by atoms with E-state index in [0.717, 1.165) is 18.8 Å². The average molecular weight is 214 g/mol. The minimum absolute atomic E-state index is 0.789. The topological polar surface area (TPSA) is 29.9 Å². The van der Waals surface area contributed by atoms with E-state index in [4.69, 9.17) is 11.6 Å². The number of nitrogens with one attached hydrogen (secondary N) is 1. The molecule has 0 unspecified atom stereocenters. The van der Waals surface area contributed by atoms with Crippen molar-refractivity contribution in [1.82, 2.24) is 15.1 Å². The largest absolute Gasteiger partial charge is 0.309 e. The lowest BCUT2D eigenvalue weighted by Gasteiger charge is -2.02. The Labute approximate surface area is 89.8 Å². The van der Waals surface area contributed by atoms with Crippen molar-refractivity contribution in [3.8, 4) is 0 Å². The van der Waals surface area contributed by atoms with Crippen molar-refractivity contribution in [1.29, 1.82) is 0 Å². The van der Waals surface area contributed by atoms with Crippen LogP contribution in [0.3, 0.4) is 0 Å². The van der Waals surface area contributed by atoms with Crippen LogP contribution in [0.1, 0.15) is 17.0 Å². The maximum atomic E-state index is 5.41. The number of hydrogen-bond donors (Lipinski definition) is 1. The summed E-state index contributed by atoms with van der Waals surface area (Å²) in [4.78, 5) is 0. The van der Waals surface area contributed by atoms with Gasteiger partial charge in [-0.3, -0.25) is 4.68 Å². The summed E-state index contributed by atoms with van der Waals surface area (Å²) >= 11 is 5.41. The van der Waals surface area contributed by atoms with Gasteiger partial charge in [0.05, 0.1) is 5.69 Å². The predicted molar refractivity (Wildman–Crippen MR) is 59.4 cm³/mol. The Morgan fingerprint density at radius 3 is 2.71 bits per heavy atom. The minimum Gasteiger partial charge on any atom is -0.309 e. The molecule has 0 aromatic carbocycles. The van der Waals surface area contributed by atoms with Crippen molar-refractivity contribution in [2.24, 2.45) is 7.05 Å². The van der Waals surface area contributed by atoms with Crippen LogP contribution in [0.25, 0.3) is 0 Å². The van der Waals surface area contributed by atoms with Gasteiger partial charge in [-0.1, -0.05) is 17.7 Å². The lowest BCUT2D eigenvalue weighted by Crippen LogP contribution is -2.13. The molecule has 78 valence electrons. The maximum Gasteiger partial charge on any atom is 0.0641 e. The third-order valence-corrected chi connectivity index (χ3v) is 2.49. The highest BCUT2D eigenvalue weighted by Gasteiger charge is 2.07. The zero-order valence-electron chi connectivity index (χ0n) is 8.84. The van der Waals surface area contributed by atoms with Gasteiger partial charge in [-0.2, -0.15) is 5.10 Å². The molecule has 1 heterocycles. The van der Waals surface area contributed by atoms with Crippen LogP contribution < -0.4 is 5.32 Å². The van der Waals surface area contributed by atoms with E-state index >= 15 is 0 Å². The van der Waals surface area contributed by atoms with Crippen molar-refractivity contribution in [2.45, 2.75) is 20.4 Å². The summed E-state index contributed by atoms with van der Waals surface area (Å²) in [6.07, 6.45) is 1.88. The molecule has 1 rings (SSSR count). The molecule has 0 aliphatic carbocycles. The Hall–Kier alpha value is -0.800. The number of aryl methyl sites for hydroxylation is 2. The van der Waals surface area contributed by atoms with Crippen LogP contribution in [-0.2, 0) is 13.6 Å². The van der Waals surface area contributed by atoms with Gasteiger partial charge in [0, 0.05) is 36.9 Å². The third-order valence-electron chi connectivity index (χ3n) is 2.31. The molecule has 0 aliphatic heterocycles. The van der Waals surface area contributed by atoms with Crippen LogP contribution in [0.4, 0.5) is 0 Å². The Morgan fingerprint density at radius 2 is 2.21 bits per heavy atom. The predicted octanol–water partition coefficient (Wildman–Crippen LogP) is 1.88. The number of rotatable bonds is 4. The Morgan fingerprint density at radius 1 is 1.50 bits per heavy atom. The van der Waals surface area contributed by atoms with Gasteiger partial charge >= 0.3 is 0 Å². The molecule has 0 saturated carbocycles. The quantitative estimate of drug-likeness (QED) is 0.775. The van der Waals surface area contributed by atoms with Gasteiger partial charge in [0.2, 0.25) is 0 Å². The van der Waals surface area contributed by atoms with E-state index in [1.807, 2.05) is 24.7 Å². The first-order chi connectivity index (χ1) is 6.66. The Kier molecular flexibility index (Phi) is 4.17. The van der Waals surface area contributed by atoms with Crippen LogP contribution in [0.15, 0.2) is 11.6 Å². The molecule has 0 radical (unpaired) electrons. The molecule has 0 atom stereocenters. The van der Waals surface area contributed by atoms with Gasteiger partial charge in [0.1, 0.15) is 0 Å². The first-order valence-corrected chi connectivity index (χ1v) is 5.05. The molecular weight excluding hydrogens is 198 g/mol. The van der Waals surface area contributed by atoms with Gasteiger partial charge in [0.15, 0.2) is 0 Å². The normalized spacial score (nSPS) is 11.4. The van der Waals surface area contributed by atoms with Crippen LogP contribution in [0.5, 0.6) is 0 Å². The number of halogens is 1. The summed E-state index contributed by atoms with van der Waals surface area (Å²) in [6.45, 7) is 5.74. The van der Waals surface area contributed by atoms with Crippen LogP contribution in [0, 0.1) is 13.8 Å². The second-order valence-electron chi connectivity index (χ2n) is 3.27. The summed E-state index contributed by atoms with van der Waals surface area (Å²) in [5.41, 5.74) is 5.10. The van der Waals surface area contributed by atoms with E-state index in [1.165, 1.54) is 16.8 Å². The van der Waals surface area contributed by atoms with Crippen LogP contribution >= 0.6 is 11.6 Å². The third kappa shape index (κ3) is 2.59. The van der Waals surface area contributed by atoms with Gasteiger partial charge in [-0.05, 0) is 13.8 Å². The van der Waals surface area contributed by atoms with Crippen LogP contribution in [-0.4, -0.2) is 16.3 Å². The second-order valence-corrected chi connectivity index (χ2v) is 3.52. The molecule has 14 heavy (non-hydrogen) atoms. The van der Waals surface area contributed by atoms with Gasteiger partial charge < -0.3 is 5.32 Å². The summed E-state index contributed by atoms with van der Waals surface area (Å²) in [5, 5.41) is 7.62. The van der Waals surface area contributed by atoms with Gasteiger partial charge in [-0.15, -0.1) is 0 Å². The fourth-order valence-electron chi connectivity index (χ4n) is 1.40. The highest BCUT2D eigenvalue weighted by molar-refractivity contribution is 6.25. The number of nitrogens with zero attached hydrogens (tertiary/aromatic N) is 2. The monoisotopic (exact) mass is 213 g/mol. The molecule has 1 aromatic rings. The van der Waals surface area contributed by atoms with E-state index in [1.54, 1.807) is 0 Å². The molecule has 3 nitrogen and oxygen atoms in total. The number of hydrogen-bond acceptors (Lipinski definition) is 2. The maximum absolute atomic E-state index is 5.41. The molecule has 0 fully saturated rings. The smallest absolute Gasteiger partial charge is 0.0641 e. The Balaban J connectivity index is 2.58. The zero-order valence-corrected chi connectivity index (χ0v) is 9.60. The van der Waals surface area contributed by atoms with E-state index < -0.39 is 0 Å². The molecule has 0 spiro atoms. The van der Waals surface area contributed by atoms with Crippen molar-refractivity contribution in [3.63, 3.8) is 0 Å². The minimum atomic E-state index is 0.789. The summed E-state index contributed by atoms with van der Waals surface area (Å²) < 4.78 is 1.91. The second kappa shape index (κ2) is 5.17. The molecule has 1 aromatic heterocycles. The molecular formula is C10H16ClN3. The number of aromatic nitrogens is 2. The summed E-state index contributed by atoms with van der Waals surface area (Å²) in [7, 11) is 1.96. The standard InChI is InChI=1S/C10H16ClN3/c1-8-10(7-12-6-4-5-11)9(2)14(3)13-8/h4-5,12H,6-7H2,1-3H3/b5-4+. The first-order valence-electron chi connectivity index (χ1n) is 4.61. The van der Waals surface area contributed by atoms with E-state index in [2.05, 4.69) is 17.3 Å². The zero-order chi connectivity index (χ0) is 10.6. The summed E-state index contributed by atoms with van der Waals surface area (Å²) in [6, 6.07) is 0. The lowest BCUT2D eigenvalue weighted by atomic mass is 10.2. The van der Waals surface area contributed by atoms with E-state index in [-0.39, 0.29) is 0 Å². The molecule has 0 amide bonds. The van der Waals surface area contributed by atoms with E-state index in [0.29, 0.717) is 0 Å². The fourth-order valence-corrected chi connectivity index (χ4v) is 1.49. The Bertz CT molecular complexity index is 328. The first kappa shape index (κ1) is 11.3.